The summed E-state index contributed by atoms with van der Waals surface area (Å²) in [6.45, 7) is 1.79. The zero-order valence-electron chi connectivity index (χ0n) is 10.00. The Morgan fingerprint density at radius 1 is 1.11 bits per heavy atom. The van der Waals surface area contributed by atoms with Crippen molar-refractivity contribution in [3.63, 3.8) is 0 Å². The molecule has 1 aromatic carbocycles. The Bertz CT molecular complexity index is 688. The largest absolute Gasteiger partial charge is 0.388 e. The average molecular weight is 255 g/mol. The van der Waals surface area contributed by atoms with Gasteiger partial charge in [-0.15, -0.1) is 11.3 Å². The van der Waals surface area contributed by atoms with Crippen molar-refractivity contribution < 1.29 is 5.11 Å². The van der Waals surface area contributed by atoms with Crippen LogP contribution in [0.4, 0.5) is 0 Å². The van der Waals surface area contributed by atoms with Crippen LogP contribution in [0.3, 0.4) is 0 Å². The molecule has 0 saturated carbocycles. The standard InChI is InChI=1S/C15H13NOS/c1-10(17)14-4-5-15(18-14)12-2-3-13-9-16-7-6-11(13)8-12/h2-10,17H,1H3/t10-/m1/s1. The second kappa shape index (κ2) is 4.52. The van der Waals surface area contributed by atoms with E-state index in [1.165, 1.54) is 15.8 Å². The highest BCUT2D eigenvalue weighted by Crippen LogP contribution is 2.32. The fourth-order valence-electron chi connectivity index (χ4n) is 1.97. The van der Waals surface area contributed by atoms with Crippen LogP contribution in [-0.2, 0) is 0 Å². The molecule has 90 valence electrons. The molecule has 0 unspecified atom stereocenters. The SMILES string of the molecule is C[C@@H](O)c1ccc(-c2ccc3cnccc3c2)s1. The van der Waals surface area contributed by atoms with Crippen LogP contribution in [0.5, 0.6) is 0 Å². The molecule has 0 spiro atoms. The van der Waals surface area contributed by atoms with Crippen molar-refractivity contribution in [1.82, 2.24) is 4.98 Å². The summed E-state index contributed by atoms with van der Waals surface area (Å²) in [5.41, 5.74) is 1.19. The molecule has 0 radical (unpaired) electrons. The van der Waals surface area contributed by atoms with E-state index < -0.39 is 6.10 Å². The predicted octanol–water partition coefficient (Wildman–Crippen LogP) is 4.02. The lowest BCUT2D eigenvalue weighted by molar-refractivity contribution is 0.203. The number of aromatic nitrogens is 1. The molecule has 0 aliphatic rings. The van der Waals surface area contributed by atoms with Crippen LogP contribution in [0, 0.1) is 0 Å². The average Bonchev–Trinajstić information content (AvgIpc) is 2.88. The Kier molecular flexibility index (Phi) is 2.86. The van der Waals surface area contributed by atoms with Crippen molar-refractivity contribution in [3.05, 3.63) is 53.7 Å². The second-order valence-corrected chi connectivity index (χ2v) is 5.43. The summed E-state index contributed by atoms with van der Waals surface area (Å²) < 4.78 is 0. The van der Waals surface area contributed by atoms with Crippen LogP contribution < -0.4 is 0 Å². The van der Waals surface area contributed by atoms with E-state index in [0.29, 0.717) is 0 Å². The number of aliphatic hydroxyl groups excluding tert-OH is 1. The summed E-state index contributed by atoms with van der Waals surface area (Å²) in [7, 11) is 0. The van der Waals surface area contributed by atoms with Crippen molar-refractivity contribution in [2.24, 2.45) is 0 Å². The zero-order valence-corrected chi connectivity index (χ0v) is 10.8. The maximum Gasteiger partial charge on any atom is 0.0854 e. The molecule has 0 aliphatic carbocycles. The van der Waals surface area contributed by atoms with E-state index in [1.54, 1.807) is 18.3 Å². The number of benzene rings is 1. The summed E-state index contributed by atoms with van der Waals surface area (Å²) in [6.07, 6.45) is 3.28. The second-order valence-electron chi connectivity index (χ2n) is 4.32. The van der Waals surface area contributed by atoms with Gasteiger partial charge in [-0.1, -0.05) is 12.1 Å². The van der Waals surface area contributed by atoms with Crippen LogP contribution in [-0.4, -0.2) is 10.1 Å². The molecule has 18 heavy (non-hydrogen) atoms. The number of fused-ring (bicyclic) bond motifs is 1. The highest BCUT2D eigenvalue weighted by molar-refractivity contribution is 7.15. The fourth-order valence-corrected chi connectivity index (χ4v) is 2.91. The zero-order chi connectivity index (χ0) is 12.5. The number of rotatable bonds is 2. The lowest BCUT2D eigenvalue weighted by Gasteiger charge is -2.01. The number of thiophene rings is 1. The van der Waals surface area contributed by atoms with Crippen LogP contribution >= 0.6 is 11.3 Å². The van der Waals surface area contributed by atoms with Gasteiger partial charge in [0.1, 0.15) is 0 Å². The molecule has 3 aromatic rings. The normalized spacial score (nSPS) is 12.8. The molecule has 1 atom stereocenters. The smallest absolute Gasteiger partial charge is 0.0854 e. The van der Waals surface area contributed by atoms with Crippen LogP contribution in [0.2, 0.25) is 0 Å². The molecule has 3 rings (SSSR count). The maximum absolute atomic E-state index is 9.56. The van der Waals surface area contributed by atoms with Gasteiger partial charge in [0.05, 0.1) is 6.10 Å². The molecule has 2 aromatic heterocycles. The van der Waals surface area contributed by atoms with Crippen molar-refractivity contribution in [2.45, 2.75) is 13.0 Å². The van der Waals surface area contributed by atoms with E-state index in [-0.39, 0.29) is 0 Å². The number of aliphatic hydroxyl groups is 1. The molecule has 3 heteroatoms. The first-order valence-corrected chi connectivity index (χ1v) is 6.67. The maximum atomic E-state index is 9.56. The Morgan fingerprint density at radius 2 is 2.00 bits per heavy atom. The van der Waals surface area contributed by atoms with E-state index in [2.05, 4.69) is 29.2 Å². The monoisotopic (exact) mass is 255 g/mol. The summed E-state index contributed by atoms with van der Waals surface area (Å²) in [6, 6.07) is 12.4. The summed E-state index contributed by atoms with van der Waals surface area (Å²) in [5, 5.41) is 11.9. The van der Waals surface area contributed by atoms with Gasteiger partial charge in [-0.3, -0.25) is 4.98 Å². The number of hydrogen-bond acceptors (Lipinski definition) is 3. The summed E-state index contributed by atoms with van der Waals surface area (Å²) >= 11 is 1.64. The highest BCUT2D eigenvalue weighted by atomic mass is 32.1. The van der Waals surface area contributed by atoms with Gasteiger partial charge in [0.15, 0.2) is 0 Å². The van der Waals surface area contributed by atoms with Crippen LogP contribution in [0.15, 0.2) is 48.8 Å². The minimum absolute atomic E-state index is 0.395. The van der Waals surface area contributed by atoms with Gasteiger partial charge in [-0.2, -0.15) is 0 Å². The minimum Gasteiger partial charge on any atom is -0.388 e. The molecule has 2 nitrogen and oxygen atoms in total. The van der Waals surface area contributed by atoms with E-state index in [1.807, 2.05) is 24.5 Å². The number of hydrogen-bond donors (Lipinski definition) is 1. The molecule has 0 aliphatic heterocycles. The van der Waals surface area contributed by atoms with Crippen molar-refractivity contribution in [1.29, 1.82) is 0 Å². The summed E-state index contributed by atoms with van der Waals surface area (Å²) in [5.74, 6) is 0. The first-order valence-electron chi connectivity index (χ1n) is 5.86. The highest BCUT2D eigenvalue weighted by Gasteiger charge is 2.07. The van der Waals surface area contributed by atoms with E-state index in [0.717, 1.165) is 10.3 Å². The van der Waals surface area contributed by atoms with Gasteiger partial charge >= 0.3 is 0 Å². The number of nitrogens with zero attached hydrogens (tertiary/aromatic N) is 1. The van der Waals surface area contributed by atoms with Gasteiger partial charge in [0.2, 0.25) is 0 Å². The third kappa shape index (κ3) is 2.03. The third-order valence-electron chi connectivity index (χ3n) is 2.96. The minimum atomic E-state index is -0.395. The first kappa shape index (κ1) is 11.4. The van der Waals surface area contributed by atoms with E-state index in [4.69, 9.17) is 0 Å². The molecule has 0 saturated heterocycles. The Labute approximate surface area is 110 Å². The fraction of sp³-hybridized carbons (Fsp3) is 0.133. The lowest BCUT2D eigenvalue weighted by Crippen LogP contribution is -1.83. The van der Waals surface area contributed by atoms with Gasteiger partial charge in [0, 0.05) is 27.5 Å². The predicted molar refractivity (Wildman–Crippen MR) is 75.7 cm³/mol. The Balaban J connectivity index is 2.07. The molecule has 0 amide bonds. The topological polar surface area (TPSA) is 33.1 Å². The van der Waals surface area contributed by atoms with Crippen molar-refractivity contribution >= 4 is 22.1 Å². The third-order valence-corrected chi connectivity index (χ3v) is 4.27. The van der Waals surface area contributed by atoms with Crippen molar-refractivity contribution in [2.75, 3.05) is 0 Å². The van der Waals surface area contributed by atoms with Gasteiger partial charge in [-0.05, 0) is 42.1 Å². The Hall–Kier alpha value is -1.71. The molecular formula is C15H13NOS. The van der Waals surface area contributed by atoms with E-state index in [9.17, 15) is 5.11 Å². The lowest BCUT2D eigenvalue weighted by atomic mass is 10.1. The van der Waals surface area contributed by atoms with Crippen molar-refractivity contribution in [3.8, 4) is 10.4 Å². The first-order chi connectivity index (χ1) is 8.74. The van der Waals surface area contributed by atoms with Gasteiger partial charge in [0.25, 0.3) is 0 Å². The molecule has 0 fully saturated rings. The Morgan fingerprint density at radius 3 is 2.78 bits per heavy atom. The molecule has 0 bridgehead atoms. The van der Waals surface area contributed by atoms with Crippen LogP contribution in [0.1, 0.15) is 17.9 Å². The summed E-state index contributed by atoms with van der Waals surface area (Å²) in [4.78, 5) is 6.30. The quantitative estimate of drug-likeness (QED) is 0.750. The molecule has 1 N–H and O–H groups in total. The van der Waals surface area contributed by atoms with Gasteiger partial charge in [-0.25, -0.2) is 0 Å². The van der Waals surface area contributed by atoms with Crippen LogP contribution in [0.25, 0.3) is 21.2 Å². The molecular weight excluding hydrogens is 242 g/mol. The van der Waals surface area contributed by atoms with E-state index >= 15 is 0 Å². The molecule has 2 heterocycles. The van der Waals surface area contributed by atoms with Gasteiger partial charge < -0.3 is 5.11 Å². The number of pyridine rings is 1.